The second-order valence-corrected chi connectivity index (χ2v) is 5.88. The Morgan fingerprint density at radius 2 is 2.00 bits per heavy atom. The van der Waals surface area contributed by atoms with Gasteiger partial charge < -0.3 is 10.0 Å². The normalized spacial score (nSPS) is 17.7. The Morgan fingerprint density at radius 1 is 1.21 bits per heavy atom. The number of likely N-dealkylation sites (tertiary alicyclic amines) is 1. The number of carbonyl (C=O) groups excluding carboxylic acids is 1. The highest BCUT2D eigenvalue weighted by Gasteiger charge is 2.27. The van der Waals surface area contributed by atoms with Crippen LogP contribution >= 0.6 is 0 Å². The van der Waals surface area contributed by atoms with E-state index in [1.165, 1.54) is 11.0 Å². The second kappa shape index (κ2) is 7.20. The molecule has 8 heteroatoms. The summed E-state index contributed by atoms with van der Waals surface area (Å²) in [5.74, 6) is -0.868. The zero-order chi connectivity index (χ0) is 16.9. The van der Waals surface area contributed by atoms with Crippen LogP contribution in [0.4, 0.5) is 0 Å². The topological polar surface area (TPSA) is 101 Å². The SMILES string of the molecule is O=C(O)CCC1CCCCN1C(=O)c1ccc(-n2cnnn2)cc1. The molecule has 0 bridgehead atoms. The summed E-state index contributed by atoms with van der Waals surface area (Å²) in [7, 11) is 0. The van der Waals surface area contributed by atoms with Gasteiger partial charge in [0.05, 0.1) is 5.69 Å². The first kappa shape index (κ1) is 16.1. The smallest absolute Gasteiger partial charge is 0.303 e. The van der Waals surface area contributed by atoms with Crippen LogP contribution < -0.4 is 0 Å². The van der Waals surface area contributed by atoms with Gasteiger partial charge in [-0.1, -0.05) is 0 Å². The minimum absolute atomic E-state index is 0.00143. The Balaban J connectivity index is 1.72. The van der Waals surface area contributed by atoms with E-state index in [-0.39, 0.29) is 18.4 Å². The van der Waals surface area contributed by atoms with Gasteiger partial charge in [-0.15, -0.1) is 5.10 Å². The van der Waals surface area contributed by atoms with Crippen molar-refractivity contribution in [1.82, 2.24) is 25.1 Å². The lowest BCUT2D eigenvalue weighted by atomic mass is 9.97. The number of amides is 1. The van der Waals surface area contributed by atoms with E-state index in [0.29, 0.717) is 18.5 Å². The van der Waals surface area contributed by atoms with Gasteiger partial charge in [0.1, 0.15) is 6.33 Å². The number of benzene rings is 1. The Morgan fingerprint density at radius 3 is 2.67 bits per heavy atom. The van der Waals surface area contributed by atoms with Crippen molar-refractivity contribution in [3.8, 4) is 5.69 Å². The van der Waals surface area contributed by atoms with Crippen molar-refractivity contribution >= 4 is 11.9 Å². The summed E-state index contributed by atoms with van der Waals surface area (Å²) in [6.07, 6.45) is 4.94. The molecule has 0 spiro atoms. The molecule has 1 atom stereocenters. The number of carboxylic acid groups (broad SMARTS) is 1. The van der Waals surface area contributed by atoms with Crippen molar-refractivity contribution < 1.29 is 14.7 Å². The lowest BCUT2D eigenvalue weighted by Crippen LogP contribution is -2.43. The van der Waals surface area contributed by atoms with Gasteiger partial charge in [0, 0.05) is 24.6 Å². The number of carbonyl (C=O) groups is 2. The van der Waals surface area contributed by atoms with Crippen LogP contribution in [-0.4, -0.2) is 54.7 Å². The molecule has 1 N–H and O–H groups in total. The fourth-order valence-corrected chi connectivity index (χ4v) is 3.06. The number of rotatable bonds is 5. The molecule has 1 aliphatic heterocycles. The number of aliphatic carboxylic acids is 1. The molecule has 8 nitrogen and oxygen atoms in total. The molecule has 1 aromatic heterocycles. The monoisotopic (exact) mass is 329 g/mol. The Labute approximate surface area is 139 Å². The minimum Gasteiger partial charge on any atom is -0.481 e. The molecule has 1 aromatic carbocycles. The van der Waals surface area contributed by atoms with E-state index in [1.807, 2.05) is 4.90 Å². The molecule has 1 saturated heterocycles. The first-order chi connectivity index (χ1) is 11.6. The van der Waals surface area contributed by atoms with Crippen LogP contribution in [0.1, 0.15) is 42.5 Å². The highest BCUT2D eigenvalue weighted by molar-refractivity contribution is 5.94. The molecule has 3 rings (SSSR count). The standard InChI is InChI=1S/C16H19N5O3/c22-15(23)9-8-13-3-1-2-10-20(13)16(24)12-4-6-14(7-5-12)21-11-17-18-19-21/h4-7,11,13H,1-3,8-10H2,(H,22,23). The average Bonchev–Trinajstić information content (AvgIpc) is 3.14. The predicted molar refractivity (Wildman–Crippen MR) is 84.7 cm³/mol. The molecule has 1 fully saturated rings. The first-order valence-electron chi connectivity index (χ1n) is 8.01. The maximum Gasteiger partial charge on any atom is 0.303 e. The third-order valence-electron chi connectivity index (χ3n) is 4.31. The Hall–Kier alpha value is -2.77. The molecule has 0 saturated carbocycles. The molecule has 2 aromatic rings. The van der Waals surface area contributed by atoms with Crippen LogP contribution in [0.25, 0.3) is 5.69 Å². The number of nitrogens with zero attached hydrogens (tertiary/aromatic N) is 5. The summed E-state index contributed by atoms with van der Waals surface area (Å²) in [6, 6.07) is 7.09. The second-order valence-electron chi connectivity index (χ2n) is 5.88. The number of hydrogen-bond donors (Lipinski definition) is 1. The molecule has 24 heavy (non-hydrogen) atoms. The lowest BCUT2D eigenvalue weighted by Gasteiger charge is -2.35. The maximum atomic E-state index is 12.8. The average molecular weight is 329 g/mol. The van der Waals surface area contributed by atoms with Crippen LogP contribution in [-0.2, 0) is 4.79 Å². The van der Waals surface area contributed by atoms with E-state index in [1.54, 1.807) is 24.3 Å². The molecular formula is C16H19N5O3. The van der Waals surface area contributed by atoms with Gasteiger partial charge in [0.2, 0.25) is 0 Å². The predicted octanol–water partition coefficient (Wildman–Crippen LogP) is 1.52. The lowest BCUT2D eigenvalue weighted by molar-refractivity contribution is -0.137. The zero-order valence-electron chi connectivity index (χ0n) is 13.2. The third kappa shape index (κ3) is 3.58. The highest BCUT2D eigenvalue weighted by Crippen LogP contribution is 2.23. The zero-order valence-corrected chi connectivity index (χ0v) is 13.2. The van der Waals surface area contributed by atoms with E-state index in [9.17, 15) is 9.59 Å². The van der Waals surface area contributed by atoms with Crippen molar-refractivity contribution in [1.29, 1.82) is 0 Å². The van der Waals surface area contributed by atoms with Crippen molar-refractivity contribution in [2.24, 2.45) is 0 Å². The van der Waals surface area contributed by atoms with Crippen molar-refractivity contribution in [3.63, 3.8) is 0 Å². The number of tetrazole rings is 1. The molecule has 1 amide bonds. The van der Waals surface area contributed by atoms with E-state index in [0.717, 1.165) is 24.9 Å². The summed E-state index contributed by atoms with van der Waals surface area (Å²) in [4.78, 5) is 25.4. The molecule has 1 aliphatic rings. The number of piperidine rings is 1. The summed E-state index contributed by atoms with van der Waals surface area (Å²) in [5, 5.41) is 19.9. The van der Waals surface area contributed by atoms with Crippen LogP contribution in [0.2, 0.25) is 0 Å². The molecule has 2 heterocycles. The summed E-state index contributed by atoms with van der Waals surface area (Å²) in [5.41, 5.74) is 1.37. The van der Waals surface area contributed by atoms with Crippen molar-refractivity contribution in [2.45, 2.75) is 38.1 Å². The number of carboxylic acids is 1. The fourth-order valence-electron chi connectivity index (χ4n) is 3.06. The van der Waals surface area contributed by atoms with Gasteiger partial charge in [-0.3, -0.25) is 9.59 Å². The molecule has 0 aliphatic carbocycles. The third-order valence-corrected chi connectivity index (χ3v) is 4.31. The molecule has 126 valence electrons. The van der Waals surface area contributed by atoms with Crippen LogP contribution in [0.15, 0.2) is 30.6 Å². The van der Waals surface area contributed by atoms with Gasteiger partial charge in [0.15, 0.2) is 0 Å². The van der Waals surface area contributed by atoms with E-state index in [4.69, 9.17) is 5.11 Å². The van der Waals surface area contributed by atoms with E-state index < -0.39 is 5.97 Å². The summed E-state index contributed by atoms with van der Waals surface area (Å²) in [6.45, 7) is 0.678. The van der Waals surface area contributed by atoms with Gasteiger partial charge in [-0.25, -0.2) is 4.68 Å². The fraction of sp³-hybridized carbons (Fsp3) is 0.438. The van der Waals surface area contributed by atoms with Gasteiger partial charge >= 0.3 is 5.97 Å². The largest absolute Gasteiger partial charge is 0.481 e. The van der Waals surface area contributed by atoms with E-state index in [2.05, 4.69) is 15.5 Å². The first-order valence-corrected chi connectivity index (χ1v) is 8.01. The molecular weight excluding hydrogens is 310 g/mol. The van der Waals surface area contributed by atoms with Crippen LogP contribution in [0.3, 0.4) is 0 Å². The summed E-state index contributed by atoms with van der Waals surface area (Å²) < 4.78 is 1.52. The number of hydrogen-bond acceptors (Lipinski definition) is 5. The molecule has 0 radical (unpaired) electrons. The Kier molecular flexibility index (Phi) is 4.83. The van der Waals surface area contributed by atoms with E-state index >= 15 is 0 Å². The number of aromatic nitrogens is 4. The quantitative estimate of drug-likeness (QED) is 0.892. The highest BCUT2D eigenvalue weighted by atomic mass is 16.4. The summed E-state index contributed by atoms with van der Waals surface area (Å²) >= 11 is 0. The van der Waals surface area contributed by atoms with Gasteiger partial charge in [0.25, 0.3) is 5.91 Å². The van der Waals surface area contributed by atoms with Crippen LogP contribution in [0.5, 0.6) is 0 Å². The van der Waals surface area contributed by atoms with Gasteiger partial charge in [-0.05, 0) is 60.4 Å². The molecule has 1 unspecified atom stereocenters. The van der Waals surface area contributed by atoms with Gasteiger partial charge in [-0.2, -0.15) is 0 Å². The van der Waals surface area contributed by atoms with Crippen LogP contribution in [0, 0.1) is 0 Å². The van der Waals surface area contributed by atoms with Crippen molar-refractivity contribution in [2.75, 3.05) is 6.54 Å². The van der Waals surface area contributed by atoms with Crippen molar-refractivity contribution in [3.05, 3.63) is 36.2 Å². The maximum absolute atomic E-state index is 12.8. The Bertz CT molecular complexity index is 699. The minimum atomic E-state index is -0.821.